The molecule has 2 nitrogen and oxygen atoms in total. The van der Waals surface area contributed by atoms with Crippen LogP contribution in [0.2, 0.25) is 24.2 Å². The zero-order valence-electron chi connectivity index (χ0n) is 9.68. The van der Waals surface area contributed by atoms with Gasteiger partial charge in [0.25, 0.3) is 0 Å². The van der Waals surface area contributed by atoms with Gasteiger partial charge in [-0.1, -0.05) is 33.9 Å². The zero-order valence-corrected chi connectivity index (χ0v) is 10.7. The summed E-state index contributed by atoms with van der Waals surface area (Å²) in [6.07, 6.45) is 0. The highest BCUT2D eigenvalue weighted by Gasteiger charge is 2.34. The van der Waals surface area contributed by atoms with Crippen LogP contribution in [0.15, 0.2) is 0 Å². The number of hydrogen-bond acceptors (Lipinski definition) is 2. The van der Waals surface area contributed by atoms with Crippen molar-refractivity contribution in [3.8, 4) is 0 Å². The van der Waals surface area contributed by atoms with Gasteiger partial charge >= 0.3 is 0 Å². The Hall–Kier alpha value is 0.137. The second-order valence-electron chi connectivity index (χ2n) is 5.22. The van der Waals surface area contributed by atoms with Crippen molar-refractivity contribution in [2.75, 3.05) is 19.8 Å². The highest BCUT2D eigenvalue weighted by molar-refractivity contribution is 6.80. The molecule has 0 fully saturated rings. The smallest absolute Gasteiger partial charge is 0.0697 e. The molecule has 0 aromatic heterocycles. The molecule has 80 valence electrons. The van der Waals surface area contributed by atoms with Gasteiger partial charge in [-0.05, 0) is 11.1 Å². The molecule has 0 spiro atoms. The van der Waals surface area contributed by atoms with Crippen molar-refractivity contribution in [2.24, 2.45) is 0 Å². The molecule has 0 aromatic rings. The number of ether oxygens (including phenoxy) is 1. The summed E-state index contributed by atoms with van der Waals surface area (Å²) in [7, 11) is -1.16. The van der Waals surface area contributed by atoms with Gasteiger partial charge in [-0.2, -0.15) is 0 Å². The third kappa shape index (κ3) is 4.79. The molecule has 13 heavy (non-hydrogen) atoms. The number of aliphatic hydroxyl groups excluding tert-OH is 1. The van der Waals surface area contributed by atoms with Crippen LogP contribution >= 0.6 is 0 Å². The van der Waals surface area contributed by atoms with E-state index in [2.05, 4.69) is 33.9 Å². The average molecular weight is 204 g/mol. The first-order valence-electron chi connectivity index (χ1n) is 5.00. The zero-order chi connectivity index (χ0) is 10.5. The summed E-state index contributed by atoms with van der Waals surface area (Å²) in [5.41, 5.74) is 0. The van der Waals surface area contributed by atoms with Crippen molar-refractivity contribution in [3.63, 3.8) is 0 Å². The quantitative estimate of drug-likeness (QED) is 0.551. The molecule has 0 heterocycles. The second-order valence-corrected chi connectivity index (χ2v) is 11.0. The highest BCUT2D eigenvalue weighted by atomic mass is 28.3. The van der Waals surface area contributed by atoms with Crippen LogP contribution in [0.1, 0.15) is 20.8 Å². The van der Waals surface area contributed by atoms with E-state index >= 15 is 0 Å². The minimum Gasteiger partial charge on any atom is -0.394 e. The maximum Gasteiger partial charge on any atom is 0.0697 e. The number of rotatable bonds is 5. The topological polar surface area (TPSA) is 29.5 Å². The van der Waals surface area contributed by atoms with E-state index in [1.807, 2.05) is 0 Å². The predicted molar refractivity (Wildman–Crippen MR) is 59.9 cm³/mol. The lowest BCUT2D eigenvalue weighted by molar-refractivity contribution is 0.101. The van der Waals surface area contributed by atoms with Crippen molar-refractivity contribution in [1.29, 1.82) is 0 Å². The summed E-state index contributed by atoms with van der Waals surface area (Å²) in [6.45, 7) is 13.1. The summed E-state index contributed by atoms with van der Waals surface area (Å²) in [6, 6.07) is 1.18. The Balaban J connectivity index is 3.77. The maximum absolute atomic E-state index is 8.54. The lowest BCUT2D eigenvalue weighted by Gasteiger charge is -2.36. The first kappa shape index (κ1) is 13.1. The second kappa shape index (κ2) is 5.13. The van der Waals surface area contributed by atoms with Crippen LogP contribution in [0.4, 0.5) is 0 Å². The molecule has 0 aliphatic carbocycles. The molecule has 0 aliphatic rings. The standard InChI is InChI=1S/C10H24O2Si/c1-10(2,3)13(4,5)9-8-12-7-6-11/h11H,6-9H2,1-5H3. The Morgan fingerprint density at radius 1 is 1.15 bits per heavy atom. The van der Waals surface area contributed by atoms with Crippen molar-refractivity contribution < 1.29 is 9.84 Å². The molecule has 1 N–H and O–H groups in total. The van der Waals surface area contributed by atoms with Crippen LogP contribution in [0.25, 0.3) is 0 Å². The van der Waals surface area contributed by atoms with Crippen molar-refractivity contribution >= 4 is 8.07 Å². The van der Waals surface area contributed by atoms with E-state index < -0.39 is 8.07 Å². The van der Waals surface area contributed by atoms with E-state index in [4.69, 9.17) is 9.84 Å². The minimum atomic E-state index is -1.16. The van der Waals surface area contributed by atoms with Crippen LogP contribution in [-0.4, -0.2) is 33.0 Å². The molecule has 0 aliphatic heterocycles. The van der Waals surface area contributed by atoms with E-state index in [-0.39, 0.29) is 6.61 Å². The molecule has 0 unspecified atom stereocenters. The maximum atomic E-state index is 8.54. The van der Waals surface area contributed by atoms with E-state index in [9.17, 15) is 0 Å². The summed E-state index contributed by atoms with van der Waals surface area (Å²) in [4.78, 5) is 0. The molecule has 0 amide bonds. The molecule has 0 saturated heterocycles. The Kier molecular flexibility index (Phi) is 5.18. The van der Waals surface area contributed by atoms with Gasteiger partial charge in [0.05, 0.1) is 21.3 Å². The number of hydrogen-bond donors (Lipinski definition) is 1. The van der Waals surface area contributed by atoms with Gasteiger partial charge < -0.3 is 9.84 Å². The normalized spacial score (nSPS) is 13.4. The van der Waals surface area contributed by atoms with Crippen molar-refractivity contribution in [1.82, 2.24) is 0 Å². The summed E-state index contributed by atoms with van der Waals surface area (Å²) >= 11 is 0. The summed E-state index contributed by atoms with van der Waals surface area (Å²) in [5.74, 6) is 0. The molecule has 0 atom stereocenters. The van der Waals surface area contributed by atoms with Crippen LogP contribution in [-0.2, 0) is 4.74 Å². The molecule has 0 radical (unpaired) electrons. The Morgan fingerprint density at radius 2 is 1.69 bits per heavy atom. The van der Waals surface area contributed by atoms with Gasteiger partial charge in [0.15, 0.2) is 0 Å². The fraction of sp³-hybridized carbons (Fsp3) is 1.00. The number of aliphatic hydroxyl groups is 1. The van der Waals surface area contributed by atoms with Crippen LogP contribution < -0.4 is 0 Å². The van der Waals surface area contributed by atoms with Gasteiger partial charge in [0, 0.05) is 6.61 Å². The molecule has 3 heteroatoms. The van der Waals surface area contributed by atoms with Gasteiger partial charge in [0.1, 0.15) is 0 Å². The van der Waals surface area contributed by atoms with Crippen molar-refractivity contribution in [3.05, 3.63) is 0 Å². The molecule has 0 bridgehead atoms. The molecular formula is C10H24O2Si. The van der Waals surface area contributed by atoms with E-state index in [1.165, 1.54) is 6.04 Å². The Labute approximate surface area is 83.3 Å². The van der Waals surface area contributed by atoms with Gasteiger partial charge in [-0.25, -0.2) is 0 Å². The first-order chi connectivity index (χ1) is 5.81. The lowest BCUT2D eigenvalue weighted by Crippen LogP contribution is -2.38. The highest BCUT2D eigenvalue weighted by Crippen LogP contribution is 2.38. The molecular weight excluding hydrogens is 180 g/mol. The molecule has 0 aromatic carbocycles. The SMILES string of the molecule is CC(C)(C)[Si](C)(C)CCOCCO. The third-order valence-corrected chi connectivity index (χ3v) is 8.65. The lowest BCUT2D eigenvalue weighted by atomic mass is 10.2. The van der Waals surface area contributed by atoms with Crippen LogP contribution in [0.3, 0.4) is 0 Å². The Morgan fingerprint density at radius 3 is 2.08 bits per heavy atom. The van der Waals surface area contributed by atoms with Gasteiger partial charge in [-0.15, -0.1) is 0 Å². The van der Waals surface area contributed by atoms with Crippen molar-refractivity contribution in [2.45, 2.75) is 44.9 Å². The van der Waals surface area contributed by atoms with Crippen LogP contribution in [0, 0.1) is 0 Å². The average Bonchev–Trinajstić information content (AvgIpc) is 1.96. The van der Waals surface area contributed by atoms with E-state index in [1.54, 1.807) is 0 Å². The first-order valence-corrected chi connectivity index (χ1v) is 8.20. The minimum absolute atomic E-state index is 0.136. The van der Waals surface area contributed by atoms with E-state index in [0.717, 1.165) is 6.61 Å². The summed E-state index contributed by atoms with van der Waals surface area (Å²) < 4.78 is 5.30. The fourth-order valence-electron chi connectivity index (χ4n) is 0.869. The third-order valence-electron chi connectivity index (χ3n) is 3.14. The molecule has 0 rings (SSSR count). The largest absolute Gasteiger partial charge is 0.394 e. The van der Waals surface area contributed by atoms with Gasteiger partial charge in [0.2, 0.25) is 0 Å². The van der Waals surface area contributed by atoms with E-state index in [0.29, 0.717) is 11.6 Å². The van der Waals surface area contributed by atoms with Crippen LogP contribution in [0.5, 0.6) is 0 Å². The van der Waals surface area contributed by atoms with Gasteiger partial charge in [-0.3, -0.25) is 0 Å². The Bertz CT molecular complexity index is 138. The fourth-order valence-corrected chi connectivity index (χ4v) is 2.27. The summed E-state index contributed by atoms with van der Waals surface area (Å²) in [5, 5.41) is 8.98. The predicted octanol–water partition coefficient (Wildman–Crippen LogP) is 2.50. The monoisotopic (exact) mass is 204 g/mol. The molecule has 0 saturated carbocycles.